The molecule has 0 aromatic heterocycles. The van der Waals surface area contributed by atoms with Gasteiger partial charge < -0.3 is 10.4 Å². The summed E-state index contributed by atoms with van der Waals surface area (Å²) < 4.78 is 0. The van der Waals surface area contributed by atoms with Gasteiger partial charge in [0.05, 0.1) is 0 Å². The Morgan fingerprint density at radius 3 is 2.42 bits per heavy atom. The van der Waals surface area contributed by atoms with E-state index in [2.05, 4.69) is 19.2 Å². The highest BCUT2D eigenvalue weighted by atomic mass is 16.4. The van der Waals surface area contributed by atoms with E-state index in [1.165, 1.54) is 0 Å². The van der Waals surface area contributed by atoms with E-state index >= 15 is 0 Å². The number of carbonyl (C=O) groups is 1. The molecule has 0 saturated carbocycles. The molecule has 0 aromatic carbocycles. The van der Waals surface area contributed by atoms with Gasteiger partial charge in [-0.25, -0.2) is 0 Å². The lowest BCUT2D eigenvalue weighted by molar-refractivity contribution is -0.137. The first-order chi connectivity index (χ1) is 5.70. The average molecular weight is 173 g/mol. The van der Waals surface area contributed by atoms with Crippen molar-refractivity contribution in [2.24, 2.45) is 0 Å². The van der Waals surface area contributed by atoms with E-state index in [0.29, 0.717) is 6.04 Å². The van der Waals surface area contributed by atoms with Gasteiger partial charge in [0.25, 0.3) is 0 Å². The highest BCUT2D eigenvalue weighted by molar-refractivity contribution is 5.66. The first-order valence-corrected chi connectivity index (χ1v) is 4.65. The maximum absolute atomic E-state index is 10.2. The Balaban J connectivity index is 3.23. The zero-order valence-electron chi connectivity index (χ0n) is 7.97. The molecule has 0 aliphatic carbocycles. The number of nitrogens with one attached hydrogen (secondary N) is 1. The minimum absolute atomic E-state index is 0.271. The maximum Gasteiger partial charge on any atom is 0.303 e. The molecular formula is C9H19NO2. The van der Waals surface area contributed by atoms with Crippen molar-refractivity contribution >= 4 is 5.97 Å². The van der Waals surface area contributed by atoms with Crippen LogP contribution in [-0.4, -0.2) is 23.7 Å². The Hall–Kier alpha value is -0.570. The molecule has 0 rings (SSSR count). The molecule has 0 atom stereocenters. The Morgan fingerprint density at radius 1 is 1.42 bits per heavy atom. The van der Waals surface area contributed by atoms with Crippen LogP contribution in [0.25, 0.3) is 0 Å². The molecule has 0 saturated heterocycles. The predicted molar refractivity (Wildman–Crippen MR) is 49.2 cm³/mol. The number of carboxylic acid groups (broad SMARTS) is 1. The second kappa shape index (κ2) is 7.10. The number of rotatable bonds is 7. The molecule has 0 aliphatic heterocycles. The Bertz CT molecular complexity index is 122. The smallest absolute Gasteiger partial charge is 0.303 e. The summed E-state index contributed by atoms with van der Waals surface area (Å²) in [7, 11) is 0. The van der Waals surface area contributed by atoms with E-state index in [9.17, 15) is 4.79 Å². The third kappa shape index (κ3) is 6.16. The standard InChI is InChI=1S/C9H19NO2/c1-3-8(4-2)10-7-5-6-9(11)12/h8,10H,3-7H2,1-2H3,(H,11,12). The van der Waals surface area contributed by atoms with Gasteiger partial charge >= 0.3 is 5.97 Å². The lowest BCUT2D eigenvalue weighted by Crippen LogP contribution is -2.28. The molecule has 12 heavy (non-hydrogen) atoms. The molecule has 3 nitrogen and oxygen atoms in total. The van der Waals surface area contributed by atoms with Crippen LogP contribution in [0.1, 0.15) is 39.5 Å². The maximum atomic E-state index is 10.2. The van der Waals surface area contributed by atoms with Crippen LogP contribution in [0.4, 0.5) is 0 Å². The minimum atomic E-state index is -0.707. The summed E-state index contributed by atoms with van der Waals surface area (Å²) in [5, 5.41) is 11.7. The first-order valence-electron chi connectivity index (χ1n) is 4.65. The molecule has 72 valence electrons. The highest BCUT2D eigenvalue weighted by Gasteiger charge is 2.01. The zero-order valence-corrected chi connectivity index (χ0v) is 7.97. The molecule has 3 heteroatoms. The van der Waals surface area contributed by atoms with Crippen molar-refractivity contribution in [1.82, 2.24) is 5.32 Å². The van der Waals surface area contributed by atoms with Crippen molar-refractivity contribution in [3.05, 3.63) is 0 Å². The quantitative estimate of drug-likeness (QED) is 0.575. The second-order valence-electron chi connectivity index (χ2n) is 2.96. The lowest BCUT2D eigenvalue weighted by Gasteiger charge is -2.13. The summed E-state index contributed by atoms with van der Waals surface area (Å²) in [5.41, 5.74) is 0. The zero-order chi connectivity index (χ0) is 9.40. The molecule has 0 amide bonds. The fourth-order valence-corrected chi connectivity index (χ4v) is 1.12. The van der Waals surface area contributed by atoms with Gasteiger partial charge in [0.1, 0.15) is 0 Å². The fraction of sp³-hybridized carbons (Fsp3) is 0.889. The van der Waals surface area contributed by atoms with Crippen LogP contribution in [0.5, 0.6) is 0 Å². The van der Waals surface area contributed by atoms with E-state index in [1.807, 2.05) is 0 Å². The van der Waals surface area contributed by atoms with Gasteiger partial charge in [-0.1, -0.05) is 13.8 Å². The molecule has 0 unspecified atom stereocenters. The summed E-state index contributed by atoms with van der Waals surface area (Å²) in [6.45, 7) is 5.09. The van der Waals surface area contributed by atoms with Crippen LogP contribution in [0.2, 0.25) is 0 Å². The topological polar surface area (TPSA) is 49.3 Å². The Morgan fingerprint density at radius 2 is 2.00 bits per heavy atom. The van der Waals surface area contributed by atoms with Gasteiger partial charge in [0, 0.05) is 12.5 Å². The van der Waals surface area contributed by atoms with Crippen molar-refractivity contribution < 1.29 is 9.90 Å². The Labute approximate surface area is 74.2 Å². The molecule has 0 bridgehead atoms. The first kappa shape index (κ1) is 11.4. The monoisotopic (exact) mass is 173 g/mol. The van der Waals surface area contributed by atoms with Crippen LogP contribution < -0.4 is 5.32 Å². The van der Waals surface area contributed by atoms with E-state index in [1.54, 1.807) is 0 Å². The molecular weight excluding hydrogens is 154 g/mol. The SMILES string of the molecule is CCC(CC)NCCCC(=O)O. The van der Waals surface area contributed by atoms with Crippen LogP contribution in [0, 0.1) is 0 Å². The van der Waals surface area contributed by atoms with Crippen LogP contribution in [0.15, 0.2) is 0 Å². The van der Waals surface area contributed by atoms with Gasteiger partial charge in [-0.15, -0.1) is 0 Å². The predicted octanol–water partition coefficient (Wildman–Crippen LogP) is 1.63. The van der Waals surface area contributed by atoms with Crippen LogP contribution in [-0.2, 0) is 4.79 Å². The summed E-state index contributed by atoms with van der Waals surface area (Å²) in [4.78, 5) is 10.2. The van der Waals surface area contributed by atoms with E-state index in [-0.39, 0.29) is 6.42 Å². The van der Waals surface area contributed by atoms with Crippen molar-refractivity contribution in [3.63, 3.8) is 0 Å². The lowest BCUT2D eigenvalue weighted by atomic mass is 10.1. The third-order valence-corrected chi connectivity index (χ3v) is 1.99. The molecule has 0 aromatic rings. The molecule has 0 fully saturated rings. The van der Waals surface area contributed by atoms with Crippen LogP contribution >= 0.6 is 0 Å². The van der Waals surface area contributed by atoms with Gasteiger partial charge in [-0.05, 0) is 25.8 Å². The molecule has 0 radical (unpaired) electrons. The minimum Gasteiger partial charge on any atom is -0.481 e. The van der Waals surface area contributed by atoms with Crippen molar-refractivity contribution in [3.8, 4) is 0 Å². The fourth-order valence-electron chi connectivity index (χ4n) is 1.12. The van der Waals surface area contributed by atoms with E-state index in [0.717, 1.165) is 25.8 Å². The van der Waals surface area contributed by atoms with Crippen molar-refractivity contribution in [2.75, 3.05) is 6.54 Å². The summed E-state index contributed by atoms with van der Waals surface area (Å²) in [5.74, 6) is -0.707. The second-order valence-corrected chi connectivity index (χ2v) is 2.96. The summed E-state index contributed by atoms with van der Waals surface area (Å²) in [6, 6.07) is 0.554. The largest absolute Gasteiger partial charge is 0.481 e. The molecule has 2 N–H and O–H groups in total. The van der Waals surface area contributed by atoms with E-state index < -0.39 is 5.97 Å². The summed E-state index contributed by atoms with van der Waals surface area (Å²) >= 11 is 0. The van der Waals surface area contributed by atoms with Gasteiger partial charge in [0.15, 0.2) is 0 Å². The van der Waals surface area contributed by atoms with Gasteiger partial charge in [0.2, 0.25) is 0 Å². The number of hydrogen-bond donors (Lipinski definition) is 2. The molecule has 0 heterocycles. The Kier molecular flexibility index (Phi) is 6.76. The van der Waals surface area contributed by atoms with Gasteiger partial charge in [-0.2, -0.15) is 0 Å². The van der Waals surface area contributed by atoms with Crippen molar-refractivity contribution in [2.45, 2.75) is 45.6 Å². The number of carboxylic acids is 1. The van der Waals surface area contributed by atoms with Gasteiger partial charge in [-0.3, -0.25) is 4.79 Å². The third-order valence-electron chi connectivity index (χ3n) is 1.99. The molecule has 0 aliphatic rings. The number of hydrogen-bond acceptors (Lipinski definition) is 2. The highest BCUT2D eigenvalue weighted by Crippen LogP contribution is 1.96. The van der Waals surface area contributed by atoms with E-state index in [4.69, 9.17) is 5.11 Å². The number of aliphatic carboxylic acids is 1. The summed E-state index contributed by atoms with van der Waals surface area (Å²) in [6.07, 6.45) is 3.23. The average Bonchev–Trinajstić information content (AvgIpc) is 2.04. The molecule has 0 spiro atoms. The van der Waals surface area contributed by atoms with Crippen molar-refractivity contribution in [1.29, 1.82) is 0 Å². The normalized spacial score (nSPS) is 10.6. The van der Waals surface area contributed by atoms with Crippen LogP contribution in [0.3, 0.4) is 0 Å².